The summed E-state index contributed by atoms with van der Waals surface area (Å²) in [5, 5.41) is 7.98. The average molecular weight is 357 g/mol. The molecule has 0 unspecified atom stereocenters. The van der Waals surface area contributed by atoms with Gasteiger partial charge in [-0.3, -0.25) is 4.90 Å². The Bertz CT molecular complexity index is 537. The number of nitrogens with two attached hydrogens (primary N) is 2. The van der Waals surface area contributed by atoms with Crippen LogP contribution in [-0.4, -0.2) is 60.5 Å². The Labute approximate surface area is 147 Å². The van der Waals surface area contributed by atoms with Gasteiger partial charge in [-0.05, 0) is 19.4 Å². The molecule has 1 saturated heterocycles. The van der Waals surface area contributed by atoms with Crippen molar-refractivity contribution in [2.75, 3.05) is 50.0 Å². The monoisotopic (exact) mass is 356 g/mol. The topological polar surface area (TPSA) is 111 Å². The van der Waals surface area contributed by atoms with Crippen LogP contribution in [0, 0.1) is 0 Å². The minimum Gasteiger partial charge on any atom is -0.450 e. The van der Waals surface area contributed by atoms with E-state index in [1.54, 1.807) is 6.07 Å². The number of anilines is 2. The molecule has 1 aromatic rings. The molecule has 2 heterocycles. The van der Waals surface area contributed by atoms with Crippen LogP contribution in [-0.2, 0) is 4.74 Å². The molecule has 0 aromatic carbocycles. The molecule has 0 radical (unpaired) electrons. The zero-order valence-corrected chi connectivity index (χ0v) is 14.5. The highest BCUT2D eigenvalue weighted by molar-refractivity contribution is 6.29. The van der Waals surface area contributed by atoms with Gasteiger partial charge < -0.3 is 21.1 Å². The molecule has 0 aliphatic carbocycles. The summed E-state index contributed by atoms with van der Waals surface area (Å²) in [5.41, 5.74) is 11.7. The van der Waals surface area contributed by atoms with Gasteiger partial charge in [-0.15, -0.1) is 10.2 Å². The second kappa shape index (κ2) is 9.48. The van der Waals surface area contributed by atoms with Gasteiger partial charge in [-0.25, -0.2) is 4.79 Å². The van der Waals surface area contributed by atoms with Gasteiger partial charge in [-0.1, -0.05) is 24.4 Å². The molecule has 1 fully saturated rings. The van der Waals surface area contributed by atoms with E-state index < -0.39 is 6.09 Å². The first-order chi connectivity index (χ1) is 11.6. The fraction of sp³-hybridized carbons (Fsp3) is 0.667. The van der Waals surface area contributed by atoms with Crippen LogP contribution in [0.2, 0.25) is 5.15 Å². The van der Waals surface area contributed by atoms with Crippen LogP contribution in [0.15, 0.2) is 6.07 Å². The molecular weight excluding hydrogens is 332 g/mol. The fourth-order valence-corrected chi connectivity index (χ4v) is 2.94. The first kappa shape index (κ1) is 18.5. The number of nitrogen functional groups attached to an aromatic ring is 1. The molecule has 8 nitrogen and oxygen atoms in total. The number of unbranched alkanes of at least 4 members (excludes halogenated alkanes) is 3. The number of amides is 1. The maximum Gasteiger partial charge on any atom is 0.404 e. The lowest BCUT2D eigenvalue weighted by atomic mass is 10.2. The lowest BCUT2D eigenvalue weighted by Crippen LogP contribution is -2.46. The van der Waals surface area contributed by atoms with Crippen LogP contribution in [0.1, 0.15) is 25.7 Å². The molecule has 134 valence electrons. The summed E-state index contributed by atoms with van der Waals surface area (Å²) < 4.78 is 4.70. The van der Waals surface area contributed by atoms with Crippen LogP contribution in [0.5, 0.6) is 0 Å². The number of piperazine rings is 1. The van der Waals surface area contributed by atoms with Crippen molar-refractivity contribution >= 4 is 29.2 Å². The van der Waals surface area contributed by atoms with Crippen LogP contribution < -0.4 is 16.4 Å². The first-order valence-electron chi connectivity index (χ1n) is 8.24. The van der Waals surface area contributed by atoms with E-state index in [1.165, 1.54) is 0 Å². The smallest absolute Gasteiger partial charge is 0.404 e. The summed E-state index contributed by atoms with van der Waals surface area (Å²) in [7, 11) is 0. The first-order valence-corrected chi connectivity index (χ1v) is 8.62. The van der Waals surface area contributed by atoms with Gasteiger partial charge in [0.15, 0.2) is 11.0 Å². The quantitative estimate of drug-likeness (QED) is 0.679. The molecule has 0 bridgehead atoms. The Morgan fingerprint density at radius 1 is 1.17 bits per heavy atom. The van der Waals surface area contributed by atoms with Crippen molar-refractivity contribution in [3.8, 4) is 0 Å². The molecule has 1 aromatic heterocycles. The summed E-state index contributed by atoms with van der Waals surface area (Å²) in [6.45, 7) is 5.28. The van der Waals surface area contributed by atoms with Crippen LogP contribution in [0.3, 0.4) is 0 Å². The third kappa shape index (κ3) is 6.01. The Morgan fingerprint density at radius 3 is 2.58 bits per heavy atom. The number of carbonyl (C=O) groups is 1. The molecule has 4 N–H and O–H groups in total. The van der Waals surface area contributed by atoms with Crippen molar-refractivity contribution in [1.29, 1.82) is 0 Å². The lowest BCUT2D eigenvalue weighted by Gasteiger charge is -2.36. The largest absolute Gasteiger partial charge is 0.450 e. The number of halogens is 1. The van der Waals surface area contributed by atoms with E-state index in [4.69, 9.17) is 27.8 Å². The second-order valence-corrected chi connectivity index (χ2v) is 6.24. The van der Waals surface area contributed by atoms with Crippen molar-refractivity contribution in [2.24, 2.45) is 5.73 Å². The summed E-state index contributed by atoms with van der Waals surface area (Å²) in [5.74, 6) is 0.422. The van der Waals surface area contributed by atoms with Crippen molar-refractivity contribution in [3.63, 3.8) is 0 Å². The Kier molecular flexibility index (Phi) is 7.33. The van der Waals surface area contributed by atoms with Gasteiger partial charge >= 0.3 is 6.09 Å². The third-order valence-corrected chi connectivity index (χ3v) is 4.28. The second-order valence-electron chi connectivity index (χ2n) is 5.85. The SMILES string of the molecule is NC(=O)OCCCCCCN1CCN(c2cc(Cl)nnc2N)CC1. The van der Waals surface area contributed by atoms with Gasteiger partial charge in [0.1, 0.15) is 0 Å². The van der Waals surface area contributed by atoms with Crippen molar-refractivity contribution < 1.29 is 9.53 Å². The molecule has 2 rings (SSSR count). The fourth-order valence-electron chi connectivity index (χ4n) is 2.80. The predicted molar refractivity (Wildman–Crippen MR) is 94.1 cm³/mol. The van der Waals surface area contributed by atoms with E-state index in [9.17, 15) is 4.79 Å². The van der Waals surface area contributed by atoms with Crippen LogP contribution >= 0.6 is 11.6 Å². The molecule has 0 atom stereocenters. The van der Waals surface area contributed by atoms with E-state index >= 15 is 0 Å². The molecule has 1 aliphatic heterocycles. The van der Waals surface area contributed by atoms with Gasteiger partial charge in [-0.2, -0.15) is 0 Å². The molecular formula is C15H25ClN6O2. The molecule has 1 amide bonds. The maximum atomic E-state index is 10.4. The van der Waals surface area contributed by atoms with Crippen LogP contribution in [0.4, 0.5) is 16.3 Å². The minimum atomic E-state index is -0.695. The van der Waals surface area contributed by atoms with E-state index in [0.29, 0.717) is 17.6 Å². The predicted octanol–water partition coefficient (Wildman–Crippen LogP) is 1.49. The van der Waals surface area contributed by atoms with E-state index in [2.05, 4.69) is 20.0 Å². The van der Waals surface area contributed by atoms with E-state index in [1.807, 2.05) is 0 Å². The van der Waals surface area contributed by atoms with Crippen LogP contribution in [0.25, 0.3) is 0 Å². The zero-order valence-electron chi connectivity index (χ0n) is 13.8. The molecule has 0 saturated carbocycles. The number of aromatic nitrogens is 2. The molecule has 0 spiro atoms. The number of ether oxygens (including phenoxy) is 1. The average Bonchev–Trinajstić information content (AvgIpc) is 2.56. The van der Waals surface area contributed by atoms with Crippen molar-refractivity contribution in [2.45, 2.75) is 25.7 Å². The third-order valence-electron chi connectivity index (χ3n) is 4.10. The summed E-state index contributed by atoms with van der Waals surface area (Å²) >= 11 is 5.90. The molecule has 9 heteroatoms. The summed E-state index contributed by atoms with van der Waals surface area (Å²) in [6.07, 6.45) is 3.48. The number of nitrogens with zero attached hydrogens (tertiary/aromatic N) is 4. The number of rotatable bonds is 8. The maximum absolute atomic E-state index is 10.4. The number of hydrogen-bond donors (Lipinski definition) is 2. The van der Waals surface area contributed by atoms with Gasteiger partial charge in [0.2, 0.25) is 0 Å². The summed E-state index contributed by atoms with van der Waals surface area (Å²) in [6, 6.07) is 1.77. The highest BCUT2D eigenvalue weighted by Crippen LogP contribution is 2.24. The van der Waals surface area contributed by atoms with Crippen molar-refractivity contribution in [3.05, 3.63) is 11.2 Å². The Morgan fingerprint density at radius 2 is 1.88 bits per heavy atom. The zero-order chi connectivity index (χ0) is 17.4. The van der Waals surface area contributed by atoms with Crippen molar-refractivity contribution in [1.82, 2.24) is 15.1 Å². The van der Waals surface area contributed by atoms with E-state index in [0.717, 1.165) is 64.1 Å². The minimum absolute atomic E-state index is 0.363. The Hall–Kier alpha value is -1.80. The van der Waals surface area contributed by atoms with E-state index in [-0.39, 0.29) is 0 Å². The standard InChI is InChI=1S/C15H25ClN6O2/c16-13-11-12(14(17)20-19-13)22-8-6-21(7-9-22)5-3-1-2-4-10-24-15(18)23/h11H,1-10H2,(H2,17,20)(H2,18,23). The highest BCUT2D eigenvalue weighted by atomic mass is 35.5. The summed E-state index contributed by atoms with van der Waals surface area (Å²) in [4.78, 5) is 15.1. The normalized spacial score (nSPS) is 15.5. The van der Waals surface area contributed by atoms with Gasteiger partial charge in [0.25, 0.3) is 0 Å². The Balaban J connectivity index is 1.61. The van der Waals surface area contributed by atoms with Gasteiger partial charge in [0.05, 0.1) is 12.3 Å². The lowest BCUT2D eigenvalue weighted by molar-refractivity contribution is 0.154. The number of hydrogen-bond acceptors (Lipinski definition) is 7. The molecule has 1 aliphatic rings. The number of primary amides is 1. The van der Waals surface area contributed by atoms with Gasteiger partial charge in [0, 0.05) is 32.2 Å². The molecule has 24 heavy (non-hydrogen) atoms. The number of carbonyl (C=O) groups excluding carboxylic acids is 1. The highest BCUT2D eigenvalue weighted by Gasteiger charge is 2.19.